The first-order valence-corrected chi connectivity index (χ1v) is 8.12. The van der Waals surface area contributed by atoms with Crippen molar-refractivity contribution in [1.29, 1.82) is 0 Å². The van der Waals surface area contributed by atoms with E-state index in [1.54, 1.807) is 17.8 Å². The Bertz CT molecular complexity index is 530. The average Bonchev–Trinajstić information content (AvgIpc) is 2.95. The molecule has 1 aliphatic carbocycles. The van der Waals surface area contributed by atoms with E-state index < -0.39 is 16.1 Å². The smallest absolute Gasteiger partial charge is 0.244 e. The quantitative estimate of drug-likeness (QED) is 0.845. The van der Waals surface area contributed by atoms with Crippen molar-refractivity contribution in [3.05, 3.63) is 11.9 Å². The van der Waals surface area contributed by atoms with Crippen molar-refractivity contribution in [2.24, 2.45) is 0 Å². The van der Waals surface area contributed by atoms with Gasteiger partial charge in [-0.3, -0.25) is 4.68 Å². The molecule has 0 aliphatic heterocycles. The highest BCUT2D eigenvalue weighted by Gasteiger charge is 2.24. The first kappa shape index (κ1) is 14.5. The van der Waals surface area contributed by atoms with Gasteiger partial charge in [-0.2, -0.15) is 5.10 Å². The second-order valence-corrected chi connectivity index (χ2v) is 6.93. The Balaban J connectivity index is 2.19. The van der Waals surface area contributed by atoms with Crippen molar-refractivity contribution in [1.82, 2.24) is 14.5 Å². The first-order chi connectivity index (χ1) is 8.90. The molecule has 1 aliphatic rings. The van der Waals surface area contributed by atoms with E-state index in [9.17, 15) is 8.42 Å². The van der Waals surface area contributed by atoms with Crippen LogP contribution in [-0.4, -0.2) is 36.0 Å². The predicted molar refractivity (Wildman–Crippen MR) is 71.3 cm³/mol. The Morgan fingerprint density at radius 2 is 2.16 bits per heavy atom. The number of aliphatic hydroxyl groups is 1. The molecule has 0 bridgehead atoms. The Hall–Kier alpha value is -0.920. The molecule has 1 unspecified atom stereocenters. The van der Waals surface area contributed by atoms with E-state index in [4.69, 9.17) is 5.11 Å². The molecule has 1 fully saturated rings. The molecule has 1 heterocycles. The van der Waals surface area contributed by atoms with E-state index in [0.717, 1.165) is 12.8 Å². The zero-order valence-corrected chi connectivity index (χ0v) is 12.2. The maximum atomic E-state index is 12.1. The SMILES string of the molecule is Cc1nn(C2CCCC2)cc1S(=O)(=O)NCC(C)O. The van der Waals surface area contributed by atoms with Gasteiger partial charge in [0.25, 0.3) is 0 Å². The molecule has 0 radical (unpaired) electrons. The lowest BCUT2D eigenvalue weighted by molar-refractivity contribution is 0.198. The molecule has 2 rings (SSSR count). The third kappa shape index (κ3) is 3.34. The second-order valence-electron chi connectivity index (χ2n) is 5.20. The van der Waals surface area contributed by atoms with Crippen molar-refractivity contribution in [2.45, 2.75) is 56.6 Å². The highest BCUT2D eigenvalue weighted by molar-refractivity contribution is 7.89. The van der Waals surface area contributed by atoms with E-state index >= 15 is 0 Å². The number of hydrogen-bond donors (Lipinski definition) is 2. The summed E-state index contributed by atoms with van der Waals surface area (Å²) in [6.07, 6.45) is 5.36. The summed E-state index contributed by atoms with van der Waals surface area (Å²) in [6.45, 7) is 3.25. The molecule has 0 saturated heterocycles. The second kappa shape index (κ2) is 5.60. The van der Waals surface area contributed by atoms with Crippen molar-refractivity contribution in [2.75, 3.05) is 6.54 Å². The maximum Gasteiger partial charge on any atom is 0.244 e. The minimum absolute atomic E-state index is 0.0103. The maximum absolute atomic E-state index is 12.1. The fourth-order valence-electron chi connectivity index (χ4n) is 2.39. The van der Waals surface area contributed by atoms with Crippen LogP contribution in [0, 0.1) is 6.92 Å². The minimum atomic E-state index is -3.59. The van der Waals surface area contributed by atoms with Gasteiger partial charge >= 0.3 is 0 Å². The van der Waals surface area contributed by atoms with E-state index in [1.807, 2.05) is 0 Å². The molecule has 1 atom stereocenters. The van der Waals surface area contributed by atoms with Crippen LogP contribution in [0.5, 0.6) is 0 Å². The van der Waals surface area contributed by atoms with Gasteiger partial charge in [-0.05, 0) is 26.7 Å². The monoisotopic (exact) mass is 287 g/mol. The molecule has 7 heteroatoms. The Kier molecular flexibility index (Phi) is 4.27. The number of hydrogen-bond acceptors (Lipinski definition) is 4. The van der Waals surface area contributed by atoms with E-state index in [-0.39, 0.29) is 11.4 Å². The fourth-order valence-corrected chi connectivity index (χ4v) is 3.69. The molecule has 0 spiro atoms. The summed E-state index contributed by atoms with van der Waals surface area (Å²) in [6, 6.07) is 0.319. The van der Waals surface area contributed by atoms with Crippen LogP contribution in [-0.2, 0) is 10.0 Å². The minimum Gasteiger partial charge on any atom is -0.392 e. The third-order valence-corrected chi connectivity index (χ3v) is 4.96. The summed E-state index contributed by atoms with van der Waals surface area (Å²) < 4.78 is 28.4. The largest absolute Gasteiger partial charge is 0.392 e. The molecule has 0 aromatic carbocycles. The molecular formula is C12H21N3O3S. The van der Waals surface area contributed by atoms with Crippen LogP contribution < -0.4 is 4.72 Å². The lowest BCUT2D eigenvalue weighted by Gasteiger charge is -2.09. The summed E-state index contributed by atoms with van der Waals surface area (Å²) in [5.74, 6) is 0. The molecule has 1 aromatic heterocycles. The van der Waals surface area contributed by atoms with E-state index in [2.05, 4.69) is 9.82 Å². The number of nitrogens with zero attached hydrogens (tertiary/aromatic N) is 2. The fraction of sp³-hybridized carbons (Fsp3) is 0.750. The van der Waals surface area contributed by atoms with Crippen LogP contribution in [0.4, 0.5) is 0 Å². The van der Waals surface area contributed by atoms with Crippen LogP contribution in [0.2, 0.25) is 0 Å². The van der Waals surface area contributed by atoms with Gasteiger partial charge < -0.3 is 5.11 Å². The van der Waals surface area contributed by atoms with E-state index in [0.29, 0.717) is 11.7 Å². The van der Waals surface area contributed by atoms with Crippen LogP contribution in [0.15, 0.2) is 11.1 Å². The van der Waals surface area contributed by atoms with Crippen LogP contribution in [0.1, 0.15) is 44.3 Å². The van der Waals surface area contributed by atoms with Gasteiger partial charge in [0.05, 0.1) is 17.8 Å². The average molecular weight is 287 g/mol. The van der Waals surface area contributed by atoms with Gasteiger partial charge in [0, 0.05) is 12.7 Å². The zero-order chi connectivity index (χ0) is 14.0. The summed E-state index contributed by atoms with van der Waals surface area (Å²) in [7, 11) is -3.59. The van der Waals surface area contributed by atoms with Crippen molar-refractivity contribution < 1.29 is 13.5 Å². The van der Waals surface area contributed by atoms with Crippen molar-refractivity contribution >= 4 is 10.0 Å². The normalized spacial score (nSPS) is 18.9. The Labute approximate surface area is 113 Å². The van der Waals surface area contributed by atoms with Gasteiger partial charge in [-0.15, -0.1) is 0 Å². The van der Waals surface area contributed by atoms with Crippen molar-refractivity contribution in [3.8, 4) is 0 Å². The number of aliphatic hydroxyl groups excluding tert-OH is 1. The highest BCUT2D eigenvalue weighted by atomic mass is 32.2. The van der Waals surface area contributed by atoms with Crippen molar-refractivity contribution in [3.63, 3.8) is 0 Å². The van der Waals surface area contributed by atoms with Gasteiger partial charge in [0.1, 0.15) is 4.90 Å². The number of nitrogens with one attached hydrogen (secondary N) is 1. The lowest BCUT2D eigenvalue weighted by Crippen LogP contribution is -2.30. The zero-order valence-electron chi connectivity index (χ0n) is 11.3. The van der Waals surface area contributed by atoms with Crippen LogP contribution in [0.3, 0.4) is 0 Å². The number of aromatic nitrogens is 2. The molecule has 1 aromatic rings. The van der Waals surface area contributed by atoms with Gasteiger partial charge in [0.2, 0.25) is 10.0 Å². The molecule has 19 heavy (non-hydrogen) atoms. The van der Waals surface area contributed by atoms with Crippen LogP contribution >= 0.6 is 0 Å². The summed E-state index contributed by atoms with van der Waals surface area (Å²) in [5.41, 5.74) is 0.505. The van der Waals surface area contributed by atoms with E-state index in [1.165, 1.54) is 19.8 Å². The number of aryl methyl sites for hydroxylation is 1. The number of rotatable bonds is 5. The number of sulfonamides is 1. The van der Waals surface area contributed by atoms with Gasteiger partial charge in [0.15, 0.2) is 0 Å². The van der Waals surface area contributed by atoms with Gasteiger partial charge in [-0.25, -0.2) is 13.1 Å². The van der Waals surface area contributed by atoms with Crippen LogP contribution in [0.25, 0.3) is 0 Å². The third-order valence-electron chi connectivity index (χ3n) is 3.43. The topological polar surface area (TPSA) is 84.2 Å². The molecule has 1 saturated carbocycles. The molecule has 2 N–H and O–H groups in total. The standard InChI is InChI=1S/C12H21N3O3S/c1-9(16)7-13-19(17,18)12-8-15(14-10(12)2)11-5-3-4-6-11/h8-9,11,13,16H,3-7H2,1-2H3. The predicted octanol–water partition coefficient (Wildman–Crippen LogP) is 0.966. The lowest BCUT2D eigenvalue weighted by atomic mass is 10.3. The molecule has 0 amide bonds. The summed E-state index contributed by atoms with van der Waals surface area (Å²) in [5, 5.41) is 13.5. The Morgan fingerprint density at radius 1 is 1.53 bits per heavy atom. The highest BCUT2D eigenvalue weighted by Crippen LogP contribution is 2.30. The molecule has 108 valence electrons. The first-order valence-electron chi connectivity index (χ1n) is 6.63. The molecular weight excluding hydrogens is 266 g/mol. The summed E-state index contributed by atoms with van der Waals surface area (Å²) in [4.78, 5) is 0.208. The van der Waals surface area contributed by atoms with Gasteiger partial charge in [-0.1, -0.05) is 12.8 Å². The summed E-state index contributed by atoms with van der Waals surface area (Å²) >= 11 is 0. The Morgan fingerprint density at radius 3 is 2.74 bits per heavy atom. The molecule has 6 nitrogen and oxygen atoms in total.